The van der Waals surface area contributed by atoms with Crippen LogP contribution in [0.2, 0.25) is 0 Å². The summed E-state index contributed by atoms with van der Waals surface area (Å²) in [6, 6.07) is 5.55. The average molecular weight is 232 g/mol. The predicted octanol–water partition coefficient (Wildman–Crippen LogP) is 2.05. The third-order valence-electron chi connectivity index (χ3n) is 2.36. The van der Waals surface area contributed by atoms with E-state index in [0.29, 0.717) is 11.5 Å². The molecule has 0 unspecified atom stereocenters. The Morgan fingerprint density at radius 2 is 1.94 bits per heavy atom. The van der Waals surface area contributed by atoms with E-state index in [4.69, 9.17) is 0 Å². The zero-order valence-corrected chi connectivity index (χ0v) is 8.51. The second kappa shape index (κ2) is 3.58. The van der Waals surface area contributed by atoms with Gasteiger partial charge >= 0.3 is 0 Å². The van der Waals surface area contributed by atoms with Crippen molar-refractivity contribution < 1.29 is 8.78 Å². The van der Waals surface area contributed by atoms with Crippen molar-refractivity contribution in [3.05, 3.63) is 48.4 Å². The summed E-state index contributed by atoms with van der Waals surface area (Å²) in [5.74, 6) is -1.47. The molecule has 1 aromatic carbocycles. The van der Waals surface area contributed by atoms with Gasteiger partial charge in [0.25, 0.3) is 0 Å². The van der Waals surface area contributed by atoms with Crippen molar-refractivity contribution in [2.45, 2.75) is 0 Å². The molecular formula is C11H6F2N4. The second-order valence-electron chi connectivity index (χ2n) is 3.42. The number of hydrogen-bond donors (Lipinski definition) is 0. The van der Waals surface area contributed by atoms with Gasteiger partial charge in [-0.2, -0.15) is 0 Å². The Labute approximate surface area is 94.9 Å². The third-order valence-corrected chi connectivity index (χ3v) is 2.36. The van der Waals surface area contributed by atoms with E-state index in [-0.39, 0.29) is 5.69 Å². The van der Waals surface area contributed by atoms with Crippen molar-refractivity contribution in [1.82, 2.24) is 19.7 Å². The molecule has 2 heterocycles. The molecule has 0 amide bonds. The van der Waals surface area contributed by atoms with E-state index in [1.807, 2.05) is 0 Å². The molecule has 0 saturated carbocycles. The number of hydrogen-bond acceptors (Lipinski definition) is 3. The highest BCUT2D eigenvalue weighted by Crippen LogP contribution is 2.18. The molecule has 6 heteroatoms. The number of halogens is 2. The van der Waals surface area contributed by atoms with E-state index in [1.54, 1.807) is 6.07 Å². The van der Waals surface area contributed by atoms with Crippen LogP contribution in [-0.4, -0.2) is 19.7 Å². The summed E-state index contributed by atoms with van der Waals surface area (Å²) in [5.41, 5.74) is 0.646. The minimum atomic E-state index is -0.941. The maximum atomic E-state index is 13.5. The fourth-order valence-corrected chi connectivity index (χ4v) is 1.54. The van der Waals surface area contributed by atoms with Crippen LogP contribution in [0.5, 0.6) is 0 Å². The normalized spacial score (nSPS) is 10.9. The number of nitrogens with zero attached hydrogens (tertiary/aromatic N) is 4. The van der Waals surface area contributed by atoms with Crippen LogP contribution in [0.15, 0.2) is 36.8 Å². The van der Waals surface area contributed by atoms with Crippen LogP contribution in [0, 0.1) is 11.6 Å². The zero-order valence-electron chi connectivity index (χ0n) is 8.51. The minimum absolute atomic E-state index is 0.0369. The van der Waals surface area contributed by atoms with Gasteiger partial charge in [-0.25, -0.2) is 23.4 Å². The molecule has 0 fully saturated rings. The second-order valence-corrected chi connectivity index (χ2v) is 3.42. The van der Waals surface area contributed by atoms with Crippen LogP contribution in [0.25, 0.3) is 17.2 Å². The smallest absolute Gasteiger partial charge is 0.200 e. The van der Waals surface area contributed by atoms with Crippen molar-refractivity contribution >= 4 is 0 Å². The molecule has 0 atom stereocenters. The van der Waals surface area contributed by atoms with Crippen LogP contribution in [0.3, 0.4) is 0 Å². The van der Waals surface area contributed by atoms with E-state index in [0.717, 1.165) is 6.07 Å². The molecule has 0 spiro atoms. The number of benzene rings is 1. The number of imidazole rings is 1. The quantitative estimate of drug-likeness (QED) is 0.644. The van der Waals surface area contributed by atoms with Crippen molar-refractivity contribution in [2.24, 2.45) is 0 Å². The molecule has 0 aliphatic carbocycles. The Kier molecular flexibility index (Phi) is 2.07. The summed E-state index contributed by atoms with van der Waals surface area (Å²) in [6.45, 7) is 0. The highest BCUT2D eigenvalue weighted by Gasteiger charge is 2.12. The minimum Gasteiger partial charge on any atom is -0.236 e. The maximum absolute atomic E-state index is 13.5. The molecule has 1 aromatic rings. The van der Waals surface area contributed by atoms with Crippen LogP contribution in [-0.2, 0) is 0 Å². The van der Waals surface area contributed by atoms with Crippen LogP contribution >= 0.6 is 0 Å². The average Bonchev–Trinajstić information content (AvgIpc) is 2.79. The highest BCUT2D eigenvalue weighted by molar-refractivity contribution is 5.49. The first kappa shape index (κ1) is 9.83. The van der Waals surface area contributed by atoms with E-state index in [9.17, 15) is 8.78 Å². The predicted molar refractivity (Wildman–Crippen MR) is 55.7 cm³/mol. The first-order chi connectivity index (χ1) is 8.25. The van der Waals surface area contributed by atoms with Crippen molar-refractivity contribution in [1.29, 1.82) is 0 Å². The van der Waals surface area contributed by atoms with Gasteiger partial charge < -0.3 is 0 Å². The molecule has 2 aliphatic rings. The van der Waals surface area contributed by atoms with Crippen LogP contribution in [0.4, 0.5) is 8.78 Å². The molecule has 0 aromatic heterocycles. The summed E-state index contributed by atoms with van der Waals surface area (Å²) in [5, 5.41) is 4.04. The fourth-order valence-electron chi connectivity index (χ4n) is 1.54. The lowest BCUT2D eigenvalue weighted by Crippen LogP contribution is -2.05. The van der Waals surface area contributed by atoms with Gasteiger partial charge in [0.05, 0.1) is 0 Å². The lowest BCUT2D eigenvalue weighted by atomic mass is 10.3. The Morgan fingerprint density at radius 1 is 1.06 bits per heavy atom. The summed E-state index contributed by atoms with van der Waals surface area (Å²) in [7, 11) is 0. The van der Waals surface area contributed by atoms with Crippen molar-refractivity contribution in [3.8, 4) is 17.2 Å². The summed E-state index contributed by atoms with van der Waals surface area (Å²) in [4.78, 5) is 7.84. The molecule has 84 valence electrons. The van der Waals surface area contributed by atoms with Crippen LogP contribution in [0.1, 0.15) is 0 Å². The standard InChI is InChI=1S/C11H6F2N4/c12-7-2-1-3-9(10(7)13)17-5-4-8-11(16-17)15-6-14-8/h1-6H. The maximum Gasteiger partial charge on any atom is 0.200 e. The van der Waals surface area contributed by atoms with Crippen molar-refractivity contribution in [2.75, 3.05) is 0 Å². The number of rotatable bonds is 1. The Balaban J connectivity index is 2.21. The van der Waals surface area contributed by atoms with E-state index >= 15 is 0 Å². The van der Waals surface area contributed by atoms with Gasteiger partial charge in [0.15, 0.2) is 17.5 Å². The number of aromatic nitrogens is 4. The molecule has 0 N–H and O–H groups in total. The first-order valence-corrected chi connectivity index (χ1v) is 4.86. The molecule has 0 radical (unpaired) electrons. The monoisotopic (exact) mass is 232 g/mol. The van der Waals surface area contributed by atoms with Gasteiger partial charge in [-0.05, 0) is 18.2 Å². The lowest BCUT2D eigenvalue weighted by Gasteiger charge is -2.07. The molecule has 3 rings (SSSR count). The first-order valence-electron chi connectivity index (χ1n) is 4.86. The SMILES string of the molecule is Fc1cccc(-n2ccc3ncnc-3n2)c1F. The van der Waals surface area contributed by atoms with E-state index in [2.05, 4.69) is 15.1 Å². The summed E-state index contributed by atoms with van der Waals surface area (Å²) < 4.78 is 27.8. The summed E-state index contributed by atoms with van der Waals surface area (Å²) >= 11 is 0. The van der Waals surface area contributed by atoms with Gasteiger partial charge in [0.1, 0.15) is 17.7 Å². The van der Waals surface area contributed by atoms with Crippen LogP contribution < -0.4 is 0 Å². The molecule has 0 saturated heterocycles. The number of fused-ring (bicyclic) bond motifs is 1. The fraction of sp³-hybridized carbons (Fsp3) is 0. The molecule has 2 aliphatic heterocycles. The van der Waals surface area contributed by atoms with Gasteiger partial charge in [-0.3, -0.25) is 0 Å². The van der Waals surface area contributed by atoms with Gasteiger partial charge in [-0.15, -0.1) is 5.10 Å². The van der Waals surface area contributed by atoms with Gasteiger partial charge in [-0.1, -0.05) is 6.07 Å². The van der Waals surface area contributed by atoms with E-state index < -0.39 is 11.6 Å². The highest BCUT2D eigenvalue weighted by atomic mass is 19.2. The Hall–Kier alpha value is -2.37. The third kappa shape index (κ3) is 1.54. The Bertz CT molecular complexity index is 650. The molecule has 4 nitrogen and oxygen atoms in total. The molecular weight excluding hydrogens is 226 g/mol. The largest absolute Gasteiger partial charge is 0.236 e. The van der Waals surface area contributed by atoms with Gasteiger partial charge in [0, 0.05) is 6.20 Å². The topological polar surface area (TPSA) is 43.6 Å². The lowest BCUT2D eigenvalue weighted by molar-refractivity contribution is 0.501. The zero-order chi connectivity index (χ0) is 11.8. The van der Waals surface area contributed by atoms with Gasteiger partial charge in [0.2, 0.25) is 0 Å². The molecule has 17 heavy (non-hydrogen) atoms. The Morgan fingerprint density at radius 3 is 2.82 bits per heavy atom. The van der Waals surface area contributed by atoms with Crippen molar-refractivity contribution in [3.63, 3.8) is 0 Å². The summed E-state index contributed by atoms with van der Waals surface area (Å²) in [6.07, 6.45) is 2.87. The molecule has 0 bridgehead atoms. The van der Waals surface area contributed by atoms with E-state index in [1.165, 1.54) is 29.3 Å².